The molecule has 5 nitrogen and oxygen atoms in total. The number of Topliss-reactive ketones (excluding diaryl/α,β-unsaturated/α-hetero) is 1. The third-order valence-electron chi connectivity index (χ3n) is 4.51. The summed E-state index contributed by atoms with van der Waals surface area (Å²) in [5.74, 6) is -0.804. The van der Waals surface area contributed by atoms with E-state index in [0.29, 0.717) is 17.0 Å². The quantitative estimate of drug-likeness (QED) is 0.477. The molecule has 2 aromatic rings. The van der Waals surface area contributed by atoms with Gasteiger partial charge < -0.3 is 10.1 Å². The summed E-state index contributed by atoms with van der Waals surface area (Å²) in [6, 6.07) is 16.9. The molecular formula is C24H29NO4S. The highest BCUT2D eigenvalue weighted by atomic mass is 32.2. The third-order valence-corrected chi connectivity index (χ3v) is 5.68. The Morgan fingerprint density at radius 3 is 2.30 bits per heavy atom. The van der Waals surface area contributed by atoms with Crippen molar-refractivity contribution in [3.63, 3.8) is 0 Å². The monoisotopic (exact) mass is 427 g/mol. The molecule has 0 heterocycles. The number of rotatable bonds is 9. The lowest BCUT2D eigenvalue weighted by Gasteiger charge is -2.17. The summed E-state index contributed by atoms with van der Waals surface area (Å²) < 4.78 is 5.21. The lowest BCUT2D eigenvalue weighted by Crippen LogP contribution is -2.32. The molecule has 1 N–H and O–H groups in total. The molecular weight excluding hydrogens is 398 g/mol. The van der Waals surface area contributed by atoms with Crippen LogP contribution in [0.2, 0.25) is 0 Å². The number of amides is 1. The van der Waals surface area contributed by atoms with E-state index in [-0.39, 0.29) is 23.5 Å². The van der Waals surface area contributed by atoms with Crippen LogP contribution in [0.4, 0.5) is 0 Å². The van der Waals surface area contributed by atoms with E-state index < -0.39 is 11.4 Å². The highest BCUT2D eigenvalue weighted by Gasteiger charge is 2.24. The Labute approximate surface area is 182 Å². The second kappa shape index (κ2) is 11.0. The van der Waals surface area contributed by atoms with Crippen LogP contribution in [0.1, 0.15) is 43.6 Å². The first-order valence-electron chi connectivity index (χ1n) is 9.96. The van der Waals surface area contributed by atoms with Crippen LogP contribution in [-0.2, 0) is 20.7 Å². The van der Waals surface area contributed by atoms with Crippen molar-refractivity contribution in [3.8, 4) is 0 Å². The van der Waals surface area contributed by atoms with Crippen LogP contribution in [0.3, 0.4) is 0 Å². The van der Waals surface area contributed by atoms with Gasteiger partial charge in [0.05, 0.1) is 10.8 Å². The number of ketones is 1. The number of hydrogen-bond acceptors (Lipinski definition) is 5. The van der Waals surface area contributed by atoms with Gasteiger partial charge in [-0.05, 0) is 31.0 Å². The Morgan fingerprint density at radius 1 is 1.00 bits per heavy atom. The summed E-state index contributed by atoms with van der Waals surface area (Å²) in [4.78, 5) is 37.6. The molecule has 1 atom stereocenters. The van der Waals surface area contributed by atoms with Gasteiger partial charge >= 0.3 is 5.97 Å². The average Bonchev–Trinajstić information content (AvgIpc) is 2.72. The number of benzene rings is 2. The van der Waals surface area contributed by atoms with Crippen LogP contribution in [0, 0.1) is 5.41 Å². The van der Waals surface area contributed by atoms with Crippen molar-refractivity contribution in [1.29, 1.82) is 0 Å². The van der Waals surface area contributed by atoms with Crippen molar-refractivity contribution in [2.75, 3.05) is 13.2 Å². The van der Waals surface area contributed by atoms with Gasteiger partial charge in [-0.3, -0.25) is 9.59 Å². The summed E-state index contributed by atoms with van der Waals surface area (Å²) in [6.45, 7) is 7.43. The largest absolute Gasteiger partial charge is 0.454 e. The van der Waals surface area contributed by atoms with Crippen LogP contribution < -0.4 is 5.32 Å². The first-order chi connectivity index (χ1) is 14.2. The molecule has 0 aliphatic rings. The van der Waals surface area contributed by atoms with Gasteiger partial charge in [-0.2, -0.15) is 0 Å². The van der Waals surface area contributed by atoms with E-state index in [0.717, 1.165) is 12.0 Å². The molecule has 0 aliphatic heterocycles. The fourth-order valence-corrected chi connectivity index (χ4v) is 3.53. The number of nitrogens with one attached hydrogen (secondary N) is 1. The van der Waals surface area contributed by atoms with Gasteiger partial charge in [-0.15, -0.1) is 11.8 Å². The van der Waals surface area contributed by atoms with Crippen molar-refractivity contribution in [3.05, 3.63) is 65.7 Å². The number of thioether (sulfide) groups is 1. The number of carbonyl (C=O) groups excluding carboxylic acids is 3. The molecule has 2 aromatic carbocycles. The highest BCUT2D eigenvalue weighted by Crippen LogP contribution is 2.27. The number of hydrogen-bond donors (Lipinski definition) is 1. The molecule has 0 radical (unpaired) electrons. The number of esters is 1. The van der Waals surface area contributed by atoms with Crippen molar-refractivity contribution in [1.82, 2.24) is 5.32 Å². The van der Waals surface area contributed by atoms with E-state index in [1.807, 2.05) is 30.3 Å². The summed E-state index contributed by atoms with van der Waals surface area (Å²) in [7, 11) is 0. The normalized spacial score (nSPS) is 12.1. The summed E-state index contributed by atoms with van der Waals surface area (Å²) in [6.07, 6.45) is 0.759. The minimum absolute atomic E-state index is 0.0954. The topological polar surface area (TPSA) is 72.5 Å². The van der Waals surface area contributed by atoms with E-state index >= 15 is 0 Å². The van der Waals surface area contributed by atoms with Crippen molar-refractivity contribution < 1.29 is 19.1 Å². The third kappa shape index (κ3) is 7.34. The van der Waals surface area contributed by atoms with E-state index in [9.17, 15) is 14.4 Å². The summed E-state index contributed by atoms with van der Waals surface area (Å²) >= 11 is 1.29. The van der Waals surface area contributed by atoms with Gasteiger partial charge in [0.1, 0.15) is 0 Å². The van der Waals surface area contributed by atoms with Crippen molar-refractivity contribution in [2.24, 2.45) is 5.41 Å². The van der Waals surface area contributed by atoms with Crippen LogP contribution >= 0.6 is 11.8 Å². The zero-order valence-electron chi connectivity index (χ0n) is 17.9. The zero-order valence-corrected chi connectivity index (χ0v) is 18.8. The molecule has 0 unspecified atom stereocenters. The molecule has 30 heavy (non-hydrogen) atoms. The van der Waals surface area contributed by atoms with Gasteiger partial charge in [0.15, 0.2) is 12.4 Å². The second-order valence-corrected chi connectivity index (χ2v) is 9.41. The maximum atomic E-state index is 12.5. The standard InChI is InChI=1S/C24H29NO4S/c1-17(22(27)25-15-14-18-10-6-5-7-11-18)30-20-13-9-8-12-19(20)23(28)29-16-21(26)24(2,3)4/h5-13,17H,14-16H2,1-4H3,(H,25,27)/t17-/m1/s1. The first kappa shape index (κ1) is 23.7. The van der Waals surface area contributed by atoms with Gasteiger partial charge in [-0.1, -0.05) is 63.2 Å². The van der Waals surface area contributed by atoms with E-state index in [1.54, 1.807) is 52.0 Å². The van der Waals surface area contributed by atoms with Crippen LogP contribution in [0.15, 0.2) is 59.5 Å². The Bertz CT molecular complexity index is 874. The average molecular weight is 428 g/mol. The summed E-state index contributed by atoms with van der Waals surface area (Å²) in [5.41, 5.74) is 0.949. The Kier molecular flexibility index (Phi) is 8.66. The fourth-order valence-electron chi connectivity index (χ4n) is 2.53. The molecule has 0 aromatic heterocycles. The van der Waals surface area contributed by atoms with Gasteiger partial charge in [0.2, 0.25) is 5.91 Å². The van der Waals surface area contributed by atoms with Crippen LogP contribution in [0.5, 0.6) is 0 Å². The molecule has 0 aliphatic carbocycles. The Balaban J connectivity index is 1.91. The number of carbonyl (C=O) groups is 3. The predicted octanol–water partition coefficient (Wildman–Crippen LogP) is 4.30. The maximum Gasteiger partial charge on any atom is 0.339 e. The molecule has 1 amide bonds. The van der Waals surface area contributed by atoms with Gasteiger partial charge in [0, 0.05) is 16.9 Å². The smallest absolute Gasteiger partial charge is 0.339 e. The summed E-state index contributed by atoms with van der Waals surface area (Å²) in [5, 5.41) is 2.55. The van der Waals surface area contributed by atoms with E-state index in [4.69, 9.17) is 4.74 Å². The van der Waals surface area contributed by atoms with E-state index in [2.05, 4.69) is 5.32 Å². The molecule has 0 fully saturated rings. The predicted molar refractivity (Wildman–Crippen MR) is 120 cm³/mol. The first-order valence-corrected chi connectivity index (χ1v) is 10.8. The molecule has 0 saturated heterocycles. The van der Waals surface area contributed by atoms with Crippen molar-refractivity contribution in [2.45, 2.75) is 44.3 Å². The van der Waals surface area contributed by atoms with Gasteiger partial charge in [0.25, 0.3) is 0 Å². The molecule has 0 saturated carbocycles. The molecule has 2 rings (SSSR count). The van der Waals surface area contributed by atoms with Crippen molar-refractivity contribution >= 4 is 29.4 Å². The van der Waals surface area contributed by atoms with Crippen LogP contribution in [0.25, 0.3) is 0 Å². The second-order valence-electron chi connectivity index (χ2n) is 8.03. The Hall–Kier alpha value is -2.60. The molecule has 0 spiro atoms. The molecule has 160 valence electrons. The fraction of sp³-hybridized carbons (Fsp3) is 0.375. The zero-order chi connectivity index (χ0) is 22.1. The molecule has 6 heteroatoms. The van der Waals surface area contributed by atoms with Gasteiger partial charge in [-0.25, -0.2) is 4.79 Å². The Morgan fingerprint density at radius 2 is 1.63 bits per heavy atom. The lowest BCUT2D eigenvalue weighted by molar-refractivity contribution is -0.129. The van der Waals surface area contributed by atoms with Crippen LogP contribution in [-0.4, -0.2) is 36.1 Å². The minimum atomic E-state index is -0.569. The number of ether oxygens (including phenoxy) is 1. The van der Waals surface area contributed by atoms with E-state index in [1.165, 1.54) is 11.8 Å². The maximum absolute atomic E-state index is 12.5. The SMILES string of the molecule is C[C@@H](Sc1ccccc1C(=O)OCC(=O)C(C)(C)C)C(=O)NCCc1ccccc1. The molecule has 0 bridgehead atoms. The highest BCUT2D eigenvalue weighted by molar-refractivity contribution is 8.00. The minimum Gasteiger partial charge on any atom is -0.454 e. The lowest BCUT2D eigenvalue weighted by atomic mass is 9.91.